The maximum Gasteiger partial charge on any atom is 0.217 e. The molecule has 30 heavy (non-hydrogen) atoms. The first kappa shape index (κ1) is 20.8. The number of benzene rings is 1. The molecule has 1 aromatic rings. The van der Waals surface area contributed by atoms with Gasteiger partial charge in [-0.15, -0.1) is 0 Å². The third kappa shape index (κ3) is 2.43. The molecule has 8 heteroatoms. The lowest BCUT2D eigenvalue weighted by molar-refractivity contribution is -0.299. The zero-order chi connectivity index (χ0) is 21.7. The van der Waals surface area contributed by atoms with Crippen LogP contribution in [0.15, 0.2) is 22.7 Å². The van der Waals surface area contributed by atoms with Gasteiger partial charge in [0, 0.05) is 16.5 Å². The van der Waals surface area contributed by atoms with E-state index >= 15 is 0 Å². The highest BCUT2D eigenvalue weighted by Crippen LogP contribution is 2.70. The van der Waals surface area contributed by atoms with Gasteiger partial charge in [0.25, 0.3) is 0 Å². The Kier molecular flexibility index (Phi) is 4.88. The molecule has 2 heterocycles. The van der Waals surface area contributed by atoms with Crippen LogP contribution >= 0.6 is 15.9 Å². The highest BCUT2D eigenvalue weighted by atomic mass is 79.9. The van der Waals surface area contributed by atoms with Crippen molar-refractivity contribution in [3.8, 4) is 18.2 Å². The molecule has 2 saturated heterocycles. The van der Waals surface area contributed by atoms with E-state index in [0.717, 1.165) is 19.3 Å². The van der Waals surface area contributed by atoms with Crippen LogP contribution in [0.1, 0.15) is 50.7 Å². The summed E-state index contributed by atoms with van der Waals surface area (Å²) >= 11 is 3.21. The molecule has 1 N–H and O–H groups in total. The van der Waals surface area contributed by atoms with Gasteiger partial charge < -0.3 is 9.47 Å². The maximum absolute atomic E-state index is 14.9. The lowest BCUT2D eigenvalue weighted by atomic mass is 9.50. The summed E-state index contributed by atoms with van der Waals surface area (Å²) in [5, 5.41) is 39.3. The van der Waals surface area contributed by atoms with E-state index in [4.69, 9.17) is 14.9 Å². The second-order valence-electron chi connectivity index (χ2n) is 8.34. The number of nitriles is 3. The van der Waals surface area contributed by atoms with E-state index in [9.17, 15) is 20.2 Å². The third-order valence-corrected chi connectivity index (χ3v) is 7.45. The predicted octanol–water partition coefficient (Wildman–Crippen LogP) is 5.12. The molecule has 0 radical (unpaired) electrons. The molecule has 1 aliphatic carbocycles. The smallest absolute Gasteiger partial charge is 0.217 e. The second-order valence-corrected chi connectivity index (χ2v) is 9.26. The topological polar surface area (TPSA) is 114 Å². The highest BCUT2D eigenvalue weighted by Gasteiger charge is 2.81. The molecule has 5 unspecified atom stereocenters. The molecule has 1 aromatic carbocycles. The minimum atomic E-state index is -2.12. The van der Waals surface area contributed by atoms with Crippen LogP contribution in [0.25, 0.3) is 0 Å². The van der Waals surface area contributed by atoms with Crippen LogP contribution in [0.4, 0.5) is 4.39 Å². The maximum atomic E-state index is 14.9. The van der Waals surface area contributed by atoms with Crippen LogP contribution in [0.3, 0.4) is 0 Å². The lowest BCUT2D eigenvalue weighted by Gasteiger charge is -2.52. The molecule has 6 nitrogen and oxygen atoms in total. The molecule has 3 fully saturated rings. The normalized spacial score (nSPS) is 36.0. The quantitative estimate of drug-likeness (QED) is 0.657. The summed E-state index contributed by atoms with van der Waals surface area (Å²) in [5.74, 6) is -2.73. The van der Waals surface area contributed by atoms with E-state index in [1.54, 1.807) is 6.07 Å². The van der Waals surface area contributed by atoms with Crippen molar-refractivity contribution >= 4 is 21.8 Å². The zero-order valence-corrected chi connectivity index (χ0v) is 18.0. The molecule has 0 spiro atoms. The summed E-state index contributed by atoms with van der Waals surface area (Å²) in [6, 6.07) is 10.4. The van der Waals surface area contributed by atoms with E-state index in [0.29, 0.717) is 17.3 Å². The molecule has 0 aromatic heterocycles. The van der Waals surface area contributed by atoms with E-state index in [1.807, 2.05) is 12.1 Å². The van der Waals surface area contributed by atoms with Gasteiger partial charge in [0.2, 0.25) is 17.1 Å². The zero-order valence-electron chi connectivity index (χ0n) is 16.4. The molecule has 0 amide bonds. The largest absolute Gasteiger partial charge is 0.447 e. The molecule has 154 valence electrons. The van der Waals surface area contributed by atoms with Crippen LogP contribution in [-0.2, 0) is 9.47 Å². The predicted molar refractivity (Wildman–Crippen MR) is 107 cm³/mol. The molecular formula is C22H20BrFN4O2. The van der Waals surface area contributed by atoms with Gasteiger partial charge in [0.05, 0.1) is 24.1 Å². The Morgan fingerprint density at radius 2 is 2.00 bits per heavy atom. The van der Waals surface area contributed by atoms with Crippen molar-refractivity contribution < 1.29 is 13.9 Å². The summed E-state index contributed by atoms with van der Waals surface area (Å²) in [6.45, 7) is 2.08. The number of nitrogens with zero attached hydrogens (tertiary/aromatic N) is 3. The van der Waals surface area contributed by atoms with Crippen molar-refractivity contribution in [2.75, 3.05) is 0 Å². The highest BCUT2D eigenvalue weighted by molar-refractivity contribution is 9.10. The number of rotatable bonds is 3. The summed E-state index contributed by atoms with van der Waals surface area (Å²) in [5.41, 5.74) is -3.94. The van der Waals surface area contributed by atoms with Gasteiger partial charge in [0.1, 0.15) is 11.9 Å². The molecular weight excluding hydrogens is 451 g/mol. The van der Waals surface area contributed by atoms with Crippen molar-refractivity contribution in [1.29, 1.82) is 21.2 Å². The van der Waals surface area contributed by atoms with Gasteiger partial charge in [-0.25, -0.2) is 4.39 Å². The van der Waals surface area contributed by atoms with Crippen molar-refractivity contribution in [2.24, 2.45) is 22.7 Å². The van der Waals surface area contributed by atoms with E-state index in [1.165, 1.54) is 12.1 Å². The Balaban J connectivity index is 1.95. The van der Waals surface area contributed by atoms with Gasteiger partial charge in [0.15, 0.2) is 5.41 Å². The molecule has 1 saturated carbocycles. The Morgan fingerprint density at radius 3 is 2.60 bits per heavy atom. The molecule has 5 atom stereocenters. The first-order valence-electron chi connectivity index (χ1n) is 9.98. The van der Waals surface area contributed by atoms with Crippen molar-refractivity contribution in [3.63, 3.8) is 0 Å². The fraction of sp³-hybridized carbons (Fsp3) is 0.545. The van der Waals surface area contributed by atoms with Gasteiger partial charge in [-0.05, 0) is 30.9 Å². The summed E-state index contributed by atoms with van der Waals surface area (Å²) < 4.78 is 27.6. The Hall–Kier alpha value is -2.47. The summed E-state index contributed by atoms with van der Waals surface area (Å²) in [4.78, 5) is 0. The van der Waals surface area contributed by atoms with E-state index < -0.39 is 40.4 Å². The van der Waals surface area contributed by atoms with Crippen LogP contribution in [0.5, 0.6) is 0 Å². The van der Waals surface area contributed by atoms with Crippen molar-refractivity contribution in [3.05, 3.63) is 34.1 Å². The minimum absolute atomic E-state index is 0.00716. The summed E-state index contributed by atoms with van der Waals surface area (Å²) in [6.07, 6.45) is 2.28. The number of hydrogen-bond donors (Lipinski definition) is 1. The van der Waals surface area contributed by atoms with Crippen molar-refractivity contribution in [2.45, 2.75) is 50.9 Å². The number of ether oxygens (including phenoxy) is 2. The standard InChI is InChI=1S/C22H20BrFN4O2/c1-2-3-13-6-7-22-17(8-13)21(12-27,19(28)30-22)20(10-25,11-26)18(29-22)15-5-4-14(23)9-16(15)24/h4-5,9,13,17-18,28H,2-3,6-8H2,1H3. The van der Waals surface area contributed by atoms with Crippen molar-refractivity contribution in [1.82, 2.24) is 0 Å². The van der Waals surface area contributed by atoms with E-state index in [2.05, 4.69) is 28.9 Å². The second kappa shape index (κ2) is 7.05. The lowest BCUT2D eigenvalue weighted by Crippen LogP contribution is -2.61. The van der Waals surface area contributed by atoms with Crippen LogP contribution < -0.4 is 0 Å². The molecule has 2 aliphatic heterocycles. The van der Waals surface area contributed by atoms with Gasteiger partial charge in [-0.3, -0.25) is 5.41 Å². The fourth-order valence-corrected chi connectivity index (χ4v) is 5.91. The van der Waals surface area contributed by atoms with E-state index in [-0.39, 0.29) is 11.5 Å². The molecule has 3 aliphatic rings. The average Bonchev–Trinajstić information content (AvgIpc) is 2.92. The first-order chi connectivity index (χ1) is 14.3. The number of halogens is 2. The van der Waals surface area contributed by atoms with Gasteiger partial charge in [-0.1, -0.05) is 41.8 Å². The Labute approximate surface area is 182 Å². The monoisotopic (exact) mass is 470 g/mol. The Morgan fingerprint density at radius 1 is 1.27 bits per heavy atom. The Bertz CT molecular complexity index is 1030. The summed E-state index contributed by atoms with van der Waals surface area (Å²) in [7, 11) is 0. The van der Waals surface area contributed by atoms with Crippen LogP contribution in [0, 0.1) is 67.9 Å². The fourth-order valence-electron chi connectivity index (χ4n) is 5.58. The SMILES string of the molecule is CCCC1CCC23OC(=N)C(C#N)(C2C1)C(C#N)(C#N)C(c1ccc(Br)cc1F)O3. The minimum Gasteiger partial charge on any atom is -0.447 e. The third-order valence-electron chi connectivity index (χ3n) is 6.96. The average molecular weight is 471 g/mol. The van der Waals surface area contributed by atoms with Crippen LogP contribution in [0.2, 0.25) is 0 Å². The van der Waals surface area contributed by atoms with Gasteiger partial charge >= 0.3 is 0 Å². The number of nitrogens with one attached hydrogen (secondary N) is 1. The molecule has 2 bridgehead atoms. The van der Waals surface area contributed by atoms with Crippen LogP contribution in [-0.4, -0.2) is 11.7 Å². The van der Waals surface area contributed by atoms with Gasteiger partial charge in [-0.2, -0.15) is 15.8 Å². The first-order valence-corrected chi connectivity index (χ1v) is 10.8. The molecule has 4 rings (SSSR count). The number of hydrogen-bond acceptors (Lipinski definition) is 6.